The largest absolute Gasteiger partial charge is 0.465 e. The Morgan fingerprint density at radius 2 is 1.14 bits per heavy atom. The van der Waals surface area contributed by atoms with Crippen LogP contribution in [0.5, 0.6) is 0 Å². The van der Waals surface area contributed by atoms with Crippen LogP contribution < -0.4 is 53.5 Å². The number of aryl methyl sites for hydroxylation is 1. The van der Waals surface area contributed by atoms with Crippen molar-refractivity contribution in [1.82, 2.24) is 34.3 Å². The first-order valence-corrected chi connectivity index (χ1v) is 28.2. The van der Waals surface area contributed by atoms with Crippen molar-refractivity contribution in [2.24, 2.45) is 10.8 Å². The lowest BCUT2D eigenvalue weighted by Crippen LogP contribution is -2.44. The van der Waals surface area contributed by atoms with Crippen LogP contribution in [0.15, 0.2) is 130 Å². The highest BCUT2D eigenvalue weighted by molar-refractivity contribution is 6.34. The summed E-state index contributed by atoms with van der Waals surface area (Å²) < 4.78 is 8.00. The Hall–Kier alpha value is -7.87. The Labute approximate surface area is 483 Å². The van der Waals surface area contributed by atoms with Crippen LogP contribution in [0.25, 0.3) is 39.4 Å². The lowest BCUT2D eigenvalue weighted by atomic mass is 10.0. The van der Waals surface area contributed by atoms with Crippen molar-refractivity contribution in [3.8, 4) is 22.3 Å². The van der Waals surface area contributed by atoms with Gasteiger partial charge in [-0.1, -0.05) is 69.1 Å². The number of aromatic nitrogens is 4. The maximum absolute atomic E-state index is 13.6. The molecule has 4 aromatic carbocycles. The highest BCUT2D eigenvalue weighted by Crippen LogP contribution is 2.30. The standard InChI is InChI=1S/C29H32ClN7O2.C28H29ClN6O3.2C2H6/c1-3-37-27-19(17-24(29(37)39)23-12-7-20(18-25(23)30)28(38)34-31)5-4-6-26(33-27)32-21-8-10-22(11-9-21)36-15-13-35(2)14-16-36;1-4-35-25-19(15-23(26(35)36)22-10-5-18(16-24(22)29)27(37)38-3)17-30-28(32-25)31-20-6-8-21(9-7-20)34-13-11-33(2)12-14-34;2*1-2/h5-12,17-18,32H,3-4,13-16,31H2,1-2H3,(H,34,38);5-10,15-17H,4,11-14H2,1-3H3,(H,30,31,32);2*1-2H3. The van der Waals surface area contributed by atoms with Crippen molar-refractivity contribution in [3.05, 3.63) is 168 Å². The monoisotopic (exact) mass is 1140 g/mol. The molecule has 0 radical (unpaired) electrons. The van der Waals surface area contributed by atoms with Crippen molar-refractivity contribution in [2.75, 3.05) is 94.0 Å². The number of nitrogen functional groups attached to an aromatic ring is 1. The SMILES string of the molecule is CC.CC.CCn1c(=O)c(-c2ccc(C(=O)NN)cc2Cl)cc2c1=NC(Nc1ccc(N3CCN(C)CC3)cc1)=CCC=2.CCn1c(=O)c(-c2ccc(C(=O)OC)cc2Cl)cc2cnc(Nc3ccc(N4CCN(C)CC4)cc3)nc21. The number of hydrazine groups is 1. The van der Waals surface area contributed by atoms with E-state index in [1.165, 1.54) is 30.6 Å². The first-order chi connectivity index (χ1) is 39.2. The van der Waals surface area contributed by atoms with Crippen LogP contribution in [0, 0.1) is 0 Å². The van der Waals surface area contributed by atoms with Crippen molar-refractivity contribution < 1.29 is 14.3 Å². The molecule has 6 heterocycles. The van der Waals surface area contributed by atoms with Gasteiger partial charge in [-0.3, -0.25) is 28.9 Å². The molecule has 10 rings (SSSR count). The van der Waals surface area contributed by atoms with Crippen molar-refractivity contribution >= 4 is 80.9 Å². The average molecular weight is 1140 g/mol. The second kappa shape index (κ2) is 28.5. The van der Waals surface area contributed by atoms with E-state index in [2.05, 4.69) is 96.1 Å². The number of amides is 1. The summed E-state index contributed by atoms with van der Waals surface area (Å²) in [5.74, 6) is 5.37. The third kappa shape index (κ3) is 14.4. The van der Waals surface area contributed by atoms with Gasteiger partial charge in [-0.05, 0) is 125 Å². The molecule has 0 atom stereocenters. The number of esters is 1. The van der Waals surface area contributed by atoms with Crippen LogP contribution in [0.2, 0.25) is 10.0 Å². The minimum Gasteiger partial charge on any atom is -0.465 e. The quantitative estimate of drug-likeness (QED) is 0.0392. The molecule has 3 aromatic heterocycles. The van der Waals surface area contributed by atoms with Gasteiger partial charge in [-0.2, -0.15) is 4.98 Å². The molecular weight excluding hydrogens is 1070 g/mol. The van der Waals surface area contributed by atoms with Crippen LogP contribution in [-0.4, -0.2) is 114 Å². The fourth-order valence-corrected chi connectivity index (χ4v) is 10.1. The predicted molar refractivity (Wildman–Crippen MR) is 330 cm³/mol. The second-order valence-corrected chi connectivity index (χ2v) is 19.7. The van der Waals surface area contributed by atoms with E-state index in [0.29, 0.717) is 86.2 Å². The van der Waals surface area contributed by atoms with E-state index >= 15 is 0 Å². The lowest BCUT2D eigenvalue weighted by molar-refractivity contribution is 0.0600. The van der Waals surface area contributed by atoms with Gasteiger partial charge in [0.1, 0.15) is 17.0 Å². The Kier molecular flexibility index (Phi) is 21.4. The molecule has 0 aliphatic carbocycles. The van der Waals surface area contributed by atoms with Crippen LogP contribution in [0.4, 0.5) is 28.7 Å². The molecule has 0 unspecified atom stereocenters. The number of allylic oxidation sites excluding steroid dienone is 1. The van der Waals surface area contributed by atoms with Crippen LogP contribution >= 0.6 is 23.2 Å². The number of benzene rings is 4. The number of fused-ring (bicyclic) bond motifs is 2. The molecule has 426 valence electrons. The number of carbonyl (C=O) groups is 2. The Morgan fingerprint density at radius 1 is 0.630 bits per heavy atom. The molecule has 0 spiro atoms. The van der Waals surface area contributed by atoms with Gasteiger partial charge in [0, 0.05) is 143 Å². The molecule has 1 amide bonds. The Bertz CT molecular complexity index is 3630. The molecule has 81 heavy (non-hydrogen) atoms. The molecule has 2 saturated heterocycles. The lowest BCUT2D eigenvalue weighted by Gasteiger charge is -2.34. The molecular formula is C61H73Cl2N13O5. The highest BCUT2D eigenvalue weighted by Gasteiger charge is 2.20. The second-order valence-electron chi connectivity index (χ2n) is 18.9. The van der Waals surface area contributed by atoms with E-state index < -0.39 is 11.9 Å². The fourth-order valence-electron chi connectivity index (χ4n) is 9.54. The summed E-state index contributed by atoms with van der Waals surface area (Å²) in [5, 5.41) is 8.78. The summed E-state index contributed by atoms with van der Waals surface area (Å²) >= 11 is 13.0. The minimum absolute atomic E-state index is 0.205. The van der Waals surface area contributed by atoms with Crippen molar-refractivity contribution in [3.63, 3.8) is 0 Å². The number of nitrogens with one attached hydrogen (secondary N) is 3. The third-order valence-corrected chi connectivity index (χ3v) is 14.6. The van der Waals surface area contributed by atoms with E-state index in [1.807, 2.05) is 71.9 Å². The number of piperazine rings is 2. The van der Waals surface area contributed by atoms with Gasteiger partial charge < -0.3 is 35.0 Å². The zero-order valence-electron chi connectivity index (χ0n) is 47.6. The topological polar surface area (TPSA) is 201 Å². The Morgan fingerprint density at radius 3 is 1.65 bits per heavy atom. The molecule has 3 aliphatic rings. The number of carbonyl (C=O) groups excluding carboxylic acids is 2. The number of hydrogen-bond donors (Lipinski definition) is 4. The summed E-state index contributed by atoms with van der Waals surface area (Å²) in [6.45, 7) is 20.9. The smallest absolute Gasteiger partial charge is 0.337 e. The van der Waals surface area contributed by atoms with Crippen LogP contribution in [-0.2, 0) is 17.8 Å². The number of pyridine rings is 2. The normalized spacial score (nSPS) is 14.1. The number of likely N-dealkylation sites (N-methyl/N-ethyl adjacent to an activating group) is 2. The fraction of sp³-hybridized carbons (Fsp3) is 0.328. The number of ether oxygens (including phenoxy) is 1. The van der Waals surface area contributed by atoms with E-state index in [9.17, 15) is 19.2 Å². The number of rotatable bonds is 12. The number of hydrogen-bond acceptors (Lipinski definition) is 15. The number of halogens is 2. The molecule has 18 nitrogen and oxygen atoms in total. The maximum Gasteiger partial charge on any atom is 0.337 e. The molecule has 2 fully saturated rings. The van der Waals surface area contributed by atoms with Gasteiger partial charge in [0.05, 0.1) is 12.7 Å². The van der Waals surface area contributed by atoms with Gasteiger partial charge in [0.15, 0.2) is 0 Å². The van der Waals surface area contributed by atoms with E-state index in [0.717, 1.165) is 69.0 Å². The Balaban J connectivity index is 0.000000220. The third-order valence-electron chi connectivity index (χ3n) is 14.0. The molecule has 5 N–H and O–H groups in total. The number of anilines is 5. The highest BCUT2D eigenvalue weighted by atomic mass is 35.5. The summed E-state index contributed by atoms with van der Waals surface area (Å²) in [7, 11) is 5.60. The van der Waals surface area contributed by atoms with Gasteiger partial charge >= 0.3 is 5.97 Å². The summed E-state index contributed by atoms with van der Waals surface area (Å²) in [4.78, 5) is 74.2. The van der Waals surface area contributed by atoms with Gasteiger partial charge in [0.25, 0.3) is 17.0 Å². The number of nitrogens with two attached hydrogens (primary N) is 1. The first kappa shape index (κ1) is 60.8. The first-order valence-electron chi connectivity index (χ1n) is 27.5. The van der Waals surface area contributed by atoms with Crippen LogP contribution in [0.3, 0.4) is 0 Å². The predicted octanol–water partition coefficient (Wildman–Crippen LogP) is 8.77. The maximum atomic E-state index is 13.6. The van der Waals surface area contributed by atoms with E-state index in [4.69, 9.17) is 38.8 Å². The minimum atomic E-state index is -0.495. The summed E-state index contributed by atoms with van der Waals surface area (Å²) in [6.07, 6.45) is 6.38. The molecule has 0 bridgehead atoms. The van der Waals surface area contributed by atoms with Crippen molar-refractivity contribution in [2.45, 2.75) is 61.1 Å². The summed E-state index contributed by atoms with van der Waals surface area (Å²) in [6, 6.07) is 29.7. The van der Waals surface area contributed by atoms with E-state index in [-0.39, 0.29) is 16.1 Å². The summed E-state index contributed by atoms with van der Waals surface area (Å²) in [5.41, 5.74) is 9.52. The van der Waals surface area contributed by atoms with E-state index in [1.54, 1.807) is 45.7 Å². The average Bonchev–Trinajstić information content (AvgIpc) is 3.80. The van der Waals surface area contributed by atoms with Gasteiger partial charge in [-0.15, -0.1) is 0 Å². The molecule has 3 aliphatic heterocycles. The van der Waals surface area contributed by atoms with Crippen LogP contribution in [0.1, 0.15) is 68.7 Å². The molecule has 20 heteroatoms. The number of methoxy groups -OCH3 is 1. The zero-order chi connectivity index (χ0) is 58.3. The molecule has 0 saturated carbocycles. The molecule has 7 aromatic rings. The van der Waals surface area contributed by atoms with Gasteiger partial charge in [-0.25, -0.2) is 20.6 Å². The number of nitrogens with zero attached hydrogens (tertiary/aromatic N) is 9. The van der Waals surface area contributed by atoms with Crippen molar-refractivity contribution in [1.29, 1.82) is 0 Å². The van der Waals surface area contributed by atoms with Gasteiger partial charge in [0.2, 0.25) is 5.95 Å². The zero-order valence-corrected chi connectivity index (χ0v) is 49.2.